The average Bonchev–Trinajstić information content (AvgIpc) is 3.02. The van der Waals surface area contributed by atoms with Crippen LogP contribution in [0.15, 0.2) is 30.6 Å². The summed E-state index contributed by atoms with van der Waals surface area (Å²) in [6, 6.07) is 6.92. The molecule has 0 saturated heterocycles. The lowest BCUT2D eigenvalue weighted by Gasteiger charge is -2.18. The number of H-pyrrole nitrogens is 1. The van der Waals surface area contributed by atoms with E-state index in [0.717, 1.165) is 5.39 Å². The van der Waals surface area contributed by atoms with Crippen molar-refractivity contribution in [3.05, 3.63) is 47.0 Å². The van der Waals surface area contributed by atoms with Crippen LogP contribution in [0, 0.1) is 11.3 Å². The smallest absolute Gasteiger partial charge is 0.171 e. The van der Waals surface area contributed by atoms with Crippen LogP contribution in [-0.4, -0.2) is 26.7 Å². The van der Waals surface area contributed by atoms with E-state index in [0.29, 0.717) is 40.8 Å². The summed E-state index contributed by atoms with van der Waals surface area (Å²) in [6.45, 7) is 0.386. The number of aromatic amines is 1. The highest BCUT2D eigenvalue weighted by atomic mass is 35.5. The van der Waals surface area contributed by atoms with Crippen molar-refractivity contribution < 1.29 is 4.74 Å². The molecule has 7 nitrogen and oxygen atoms in total. The van der Waals surface area contributed by atoms with Gasteiger partial charge in [0.2, 0.25) is 0 Å². The summed E-state index contributed by atoms with van der Waals surface area (Å²) < 4.78 is 5.92. The highest BCUT2D eigenvalue weighted by Gasteiger charge is 2.19. The predicted octanol–water partition coefficient (Wildman–Crippen LogP) is 2.35. The second-order valence-corrected chi connectivity index (χ2v) is 5.27. The number of halogens is 1. The molecule has 3 N–H and O–H groups in total. The van der Waals surface area contributed by atoms with Crippen LogP contribution in [0.3, 0.4) is 0 Å². The van der Waals surface area contributed by atoms with Gasteiger partial charge in [0.25, 0.3) is 0 Å². The van der Waals surface area contributed by atoms with E-state index in [4.69, 9.17) is 22.1 Å². The van der Waals surface area contributed by atoms with Gasteiger partial charge in [-0.3, -0.25) is 5.10 Å². The lowest BCUT2D eigenvalue weighted by molar-refractivity contribution is 0.187. The Morgan fingerprint density at radius 2 is 2.26 bits per heavy atom. The van der Waals surface area contributed by atoms with Crippen LogP contribution < -0.4 is 10.5 Å². The molecule has 0 fully saturated rings. The first kappa shape index (κ1) is 15.2. The maximum atomic E-state index is 9.19. The third-order valence-corrected chi connectivity index (χ3v) is 3.50. The number of hydrogen-bond acceptors (Lipinski definition) is 6. The minimum absolute atomic E-state index is 0.381. The highest BCUT2D eigenvalue weighted by molar-refractivity contribution is 6.30. The van der Waals surface area contributed by atoms with Crippen LogP contribution in [0.5, 0.6) is 5.75 Å². The molecule has 0 radical (unpaired) electrons. The van der Waals surface area contributed by atoms with E-state index in [1.807, 2.05) is 0 Å². The predicted molar refractivity (Wildman–Crippen MR) is 84.9 cm³/mol. The summed E-state index contributed by atoms with van der Waals surface area (Å²) in [5.41, 5.74) is 6.67. The molecule has 0 spiro atoms. The first-order valence-corrected chi connectivity index (χ1v) is 7.31. The molecule has 1 unspecified atom stereocenters. The van der Waals surface area contributed by atoms with E-state index in [1.165, 1.54) is 0 Å². The maximum absolute atomic E-state index is 9.19. The van der Waals surface area contributed by atoms with E-state index < -0.39 is 6.10 Å². The zero-order valence-corrected chi connectivity index (χ0v) is 12.8. The Morgan fingerprint density at radius 3 is 3.04 bits per heavy atom. The zero-order valence-electron chi connectivity index (χ0n) is 12.0. The fourth-order valence-electron chi connectivity index (χ4n) is 2.14. The quantitative estimate of drug-likeness (QED) is 0.743. The molecular formula is C15H13ClN6O. The minimum Gasteiger partial charge on any atom is -0.481 e. The topological polar surface area (TPSA) is 113 Å². The van der Waals surface area contributed by atoms with E-state index in [1.54, 1.807) is 30.6 Å². The summed E-state index contributed by atoms with van der Waals surface area (Å²) in [5.74, 6) is 0.850. The largest absolute Gasteiger partial charge is 0.481 e. The van der Waals surface area contributed by atoms with Crippen LogP contribution in [0.2, 0.25) is 5.02 Å². The third-order valence-electron chi connectivity index (χ3n) is 3.26. The molecule has 1 atom stereocenters. The van der Waals surface area contributed by atoms with Gasteiger partial charge in [0, 0.05) is 23.7 Å². The SMILES string of the molecule is N#Cc1ccc(Cl)cc1OC(CCN)c1ncc2cn[nH]c2n1. The molecule has 3 aromatic rings. The Labute approximate surface area is 137 Å². The Kier molecular flexibility index (Phi) is 4.37. The molecule has 116 valence electrons. The van der Waals surface area contributed by atoms with Gasteiger partial charge in [0.15, 0.2) is 17.6 Å². The van der Waals surface area contributed by atoms with Crippen molar-refractivity contribution in [2.75, 3.05) is 6.54 Å². The Balaban J connectivity index is 1.95. The van der Waals surface area contributed by atoms with Crippen molar-refractivity contribution in [1.82, 2.24) is 20.2 Å². The molecule has 0 aliphatic carbocycles. The van der Waals surface area contributed by atoms with Crippen LogP contribution in [0.1, 0.15) is 23.9 Å². The number of benzene rings is 1. The van der Waals surface area contributed by atoms with Crippen LogP contribution >= 0.6 is 11.6 Å². The van der Waals surface area contributed by atoms with Crippen molar-refractivity contribution in [2.24, 2.45) is 5.73 Å². The van der Waals surface area contributed by atoms with Crippen molar-refractivity contribution in [2.45, 2.75) is 12.5 Å². The first-order valence-electron chi connectivity index (χ1n) is 6.93. The molecule has 2 heterocycles. The first-order chi connectivity index (χ1) is 11.2. The molecule has 0 aliphatic rings. The van der Waals surface area contributed by atoms with Crippen molar-refractivity contribution in [3.8, 4) is 11.8 Å². The highest BCUT2D eigenvalue weighted by Crippen LogP contribution is 2.28. The molecule has 23 heavy (non-hydrogen) atoms. The summed E-state index contributed by atoms with van der Waals surface area (Å²) in [6.07, 6.45) is 3.31. The lowest BCUT2D eigenvalue weighted by Crippen LogP contribution is -2.16. The van der Waals surface area contributed by atoms with Gasteiger partial charge in [0.1, 0.15) is 11.8 Å². The monoisotopic (exact) mass is 328 g/mol. The normalized spacial score (nSPS) is 12.0. The Morgan fingerprint density at radius 1 is 1.39 bits per heavy atom. The molecule has 0 amide bonds. The second-order valence-electron chi connectivity index (χ2n) is 4.84. The van der Waals surface area contributed by atoms with E-state index in [2.05, 4.69) is 26.2 Å². The van der Waals surface area contributed by atoms with E-state index in [-0.39, 0.29) is 0 Å². The lowest BCUT2D eigenvalue weighted by atomic mass is 10.2. The summed E-state index contributed by atoms with van der Waals surface area (Å²) in [5, 5.41) is 17.2. The molecule has 1 aromatic carbocycles. The van der Waals surface area contributed by atoms with Crippen molar-refractivity contribution in [3.63, 3.8) is 0 Å². The molecule has 0 aliphatic heterocycles. The van der Waals surface area contributed by atoms with Crippen LogP contribution in [0.4, 0.5) is 0 Å². The van der Waals surface area contributed by atoms with Gasteiger partial charge >= 0.3 is 0 Å². The van der Waals surface area contributed by atoms with Gasteiger partial charge in [-0.05, 0) is 18.7 Å². The summed E-state index contributed by atoms with van der Waals surface area (Å²) in [4.78, 5) is 8.71. The Hall–Kier alpha value is -2.69. The van der Waals surface area contributed by atoms with Gasteiger partial charge in [-0.2, -0.15) is 10.4 Å². The molecule has 0 saturated carbocycles. The standard InChI is InChI=1S/C15H13ClN6O/c16-11-2-1-9(6-18)13(5-11)23-12(3-4-17)15-19-7-10-8-20-22-14(10)21-15/h1-2,5,7-8,12H,3-4,17H2,(H,19,20,21,22). The van der Waals surface area contributed by atoms with Crippen molar-refractivity contribution >= 4 is 22.6 Å². The summed E-state index contributed by atoms with van der Waals surface area (Å²) in [7, 11) is 0. The maximum Gasteiger partial charge on any atom is 0.171 e. The number of aromatic nitrogens is 4. The number of nitrogens with zero attached hydrogens (tertiary/aromatic N) is 4. The zero-order chi connectivity index (χ0) is 16.2. The number of nitriles is 1. The average molecular weight is 329 g/mol. The molecule has 8 heteroatoms. The Bertz CT molecular complexity index is 872. The minimum atomic E-state index is -0.488. The van der Waals surface area contributed by atoms with Crippen LogP contribution in [-0.2, 0) is 0 Å². The number of rotatable bonds is 5. The molecule has 0 bridgehead atoms. The fourth-order valence-corrected chi connectivity index (χ4v) is 2.30. The van der Waals surface area contributed by atoms with Crippen molar-refractivity contribution in [1.29, 1.82) is 5.26 Å². The van der Waals surface area contributed by atoms with Gasteiger partial charge in [-0.15, -0.1) is 0 Å². The number of fused-ring (bicyclic) bond motifs is 1. The van der Waals surface area contributed by atoms with Gasteiger partial charge in [-0.1, -0.05) is 11.6 Å². The van der Waals surface area contributed by atoms with Gasteiger partial charge in [-0.25, -0.2) is 9.97 Å². The van der Waals surface area contributed by atoms with Crippen LogP contribution in [0.25, 0.3) is 11.0 Å². The number of hydrogen-bond donors (Lipinski definition) is 2. The molecular weight excluding hydrogens is 316 g/mol. The summed E-state index contributed by atoms with van der Waals surface area (Å²) >= 11 is 5.99. The molecule has 2 aromatic heterocycles. The second kappa shape index (κ2) is 6.60. The van der Waals surface area contributed by atoms with E-state index >= 15 is 0 Å². The fraction of sp³-hybridized carbons (Fsp3) is 0.200. The third kappa shape index (κ3) is 3.23. The van der Waals surface area contributed by atoms with Gasteiger partial charge in [0.05, 0.1) is 17.1 Å². The number of nitrogens with one attached hydrogen (secondary N) is 1. The van der Waals surface area contributed by atoms with E-state index in [9.17, 15) is 5.26 Å². The number of nitrogens with two attached hydrogens (primary N) is 1. The molecule has 3 rings (SSSR count). The van der Waals surface area contributed by atoms with Gasteiger partial charge < -0.3 is 10.5 Å². The number of ether oxygens (including phenoxy) is 1.